The number of anilines is 2. The standard InChI is InChI=1S/C24H30N4O3/c1-24(2,3)27-22(30)17-8-6-10-19(14-17)25-16-21(29)26-20-11-7-9-18(15-20)23(31)28-12-4-5-13-28/h6-11,14-15,25H,4-5,12-13,16H2,1-3H3,(H,26,29)(H,27,30). The number of benzene rings is 2. The van der Waals surface area contributed by atoms with E-state index in [0.717, 1.165) is 25.9 Å². The van der Waals surface area contributed by atoms with Crippen LogP contribution in [0.25, 0.3) is 0 Å². The van der Waals surface area contributed by atoms with Gasteiger partial charge in [0, 0.05) is 41.1 Å². The molecule has 7 nitrogen and oxygen atoms in total. The van der Waals surface area contributed by atoms with E-state index >= 15 is 0 Å². The molecule has 3 rings (SSSR count). The van der Waals surface area contributed by atoms with Gasteiger partial charge in [-0.05, 0) is 70.0 Å². The lowest BCUT2D eigenvalue weighted by Gasteiger charge is -2.20. The number of rotatable bonds is 6. The van der Waals surface area contributed by atoms with Crippen molar-refractivity contribution < 1.29 is 14.4 Å². The molecule has 1 aliphatic heterocycles. The Bertz CT molecular complexity index is 959. The third kappa shape index (κ3) is 6.57. The maximum atomic E-state index is 12.5. The molecular formula is C24H30N4O3. The first-order valence-electron chi connectivity index (χ1n) is 10.6. The SMILES string of the molecule is CC(C)(C)NC(=O)c1cccc(NCC(=O)Nc2cccc(C(=O)N3CCCC3)c2)c1. The van der Waals surface area contributed by atoms with E-state index in [1.807, 2.05) is 25.7 Å². The Morgan fingerprint density at radius 3 is 2.19 bits per heavy atom. The van der Waals surface area contributed by atoms with E-state index in [2.05, 4.69) is 16.0 Å². The minimum absolute atomic E-state index is 0.00271. The van der Waals surface area contributed by atoms with Crippen LogP contribution in [0.4, 0.5) is 11.4 Å². The molecule has 0 bridgehead atoms. The fourth-order valence-electron chi connectivity index (χ4n) is 3.40. The van der Waals surface area contributed by atoms with Crippen LogP contribution in [0.15, 0.2) is 48.5 Å². The van der Waals surface area contributed by atoms with Crippen LogP contribution >= 0.6 is 0 Å². The molecule has 2 aromatic carbocycles. The van der Waals surface area contributed by atoms with Gasteiger partial charge in [-0.3, -0.25) is 14.4 Å². The third-order valence-corrected chi connectivity index (χ3v) is 4.85. The Labute approximate surface area is 183 Å². The molecule has 164 valence electrons. The highest BCUT2D eigenvalue weighted by Gasteiger charge is 2.20. The Morgan fingerprint density at radius 1 is 0.903 bits per heavy atom. The first kappa shape index (κ1) is 22.3. The van der Waals surface area contributed by atoms with Gasteiger partial charge in [-0.1, -0.05) is 12.1 Å². The second-order valence-corrected chi connectivity index (χ2v) is 8.77. The predicted molar refractivity (Wildman–Crippen MR) is 122 cm³/mol. The number of nitrogens with one attached hydrogen (secondary N) is 3. The van der Waals surface area contributed by atoms with Crippen LogP contribution in [0.1, 0.15) is 54.3 Å². The number of nitrogens with zero attached hydrogens (tertiary/aromatic N) is 1. The maximum absolute atomic E-state index is 12.5. The second-order valence-electron chi connectivity index (χ2n) is 8.77. The molecule has 1 fully saturated rings. The minimum atomic E-state index is -0.328. The number of hydrogen-bond acceptors (Lipinski definition) is 4. The second kappa shape index (κ2) is 9.64. The Kier molecular flexibility index (Phi) is 6.95. The fraction of sp³-hybridized carbons (Fsp3) is 0.375. The lowest BCUT2D eigenvalue weighted by Crippen LogP contribution is -2.40. The van der Waals surface area contributed by atoms with Crippen LogP contribution in [-0.4, -0.2) is 47.8 Å². The molecule has 1 aliphatic rings. The molecule has 0 aliphatic carbocycles. The first-order chi connectivity index (χ1) is 14.7. The fourth-order valence-corrected chi connectivity index (χ4v) is 3.40. The smallest absolute Gasteiger partial charge is 0.253 e. The molecule has 0 saturated carbocycles. The Hall–Kier alpha value is -3.35. The summed E-state index contributed by atoms with van der Waals surface area (Å²) in [4.78, 5) is 39.1. The van der Waals surface area contributed by atoms with E-state index in [-0.39, 0.29) is 29.8 Å². The van der Waals surface area contributed by atoms with Crippen molar-refractivity contribution in [3.8, 4) is 0 Å². The Morgan fingerprint density at radius 2 is 1.52 bits per heavy atom. The molecule has 2 aromatic rings. The molecule has 0 radical (unpaired) electrons. The topological polar surface area (TPSA) is 90.5 Å². The number of carbonyl (C=O) groups excluding carboxylic acids is 3. The van der Waals surface area contributed by atoms with E-state index in [1.54, 1.807) is 48.5 Å². The summed E-state index contributed by atoms with van der Waals surface area (Å²) in [5, 5.41) is 8.77. The van der Waals surface area contributed by atoms with E-state index < -0.39 is 0 Å². The van der Waals surface area contributed by atoms with Gasteiger partial charge in [-0.2, -0.15) is 0 Å². The molecule has 3 amide bonds. The largest absolute Gasteiger partial charge is 0.376 e. The number of likely N-dealkylation sites (tertiary alicyclic amines) is 1. The van der Waals surface area contributed by atoms with Gasteiger partial charge in [-0.25, -0.2) is 0 Å². The van der Waals surface area contributed by atoms with Gasteiger partial charge in [0.25, 0.3) is 11.8 Å². The molecule has 0 atom stereocenters. The van der Waals surface area contributed by atoms with Crippen LogP contribution in [0, 0.1) is 0 Å². The summed E-state index contributed by atoms with van der Waals surface area (Å²) in [6.45, 7) is 7.37. The average Bonchev–Trinajstić information content (AvgIpc) is 3.26. The molecule has 0 spiro atoms. The van der Waals surface area contributed by atoms with Gasteiger partial charge in [-0.15, -0.1) is 0 Å². The van der Waals surface area contributed by atoms with Crippen LogP contribution in [0.5, 0.6) is 0 Å². The average molecular weight is 423 g/mol. The number of carbonyl (C=O) groups is 3. The van der Waals surface area contributed by atoms with Crippen molar-refractivity contribution in [1.29, 1.82) is 0 Å². The third-order valence-electron chi connectivity index (χ3n) is 4.85. The van der Waals surface area contributed by atoms with Crippen molar-refractivity contribution in [3.63, 3.8) is 0 Å². The zero-order chi connectivity index (χ0) is 22.4. The normalized spacial score (nSPS) is 13.6. The zero-order valence-electron chi connectivity index (χ0n) is 18.3. The molecule has 0 aromatic heterocycles. The summed E-state index contributed by atoms with van der Waals surface area (Å²) in [6, 6.07) is 14.0. The molecule has 31 heavy (non-hydrogen) atoms. The van der Waals surface area contributed by atoms with Gasteiger partial charge in [0.2, 0.25) is 5.91 Å². The van der Waals surface area contributed by atoms with Crippen LogP contribution in [-0.2, 0) is 4.79 Å². The highest BCUT2D eigenvalue weighted by atomic mass is 16.2. The van der Waals surface area contributed by atoms with E-state index in [9.17, 15) is 14.4 Å². The van der Waals surface area contributed by atoms with Crippen molar-refractivity contribution in [2.24, 2.45) is 0 Å². The lowest BCUT2D eigenvalue weighted by molar-refractivity contribution is -0.114. The first-order valence-corrected chi connectivity index (χ1v) is 10.6. The van der Waals surface area contributed by atoms with Gasteiger partial charge in [0.05, 0.1) is 6.54 Å². The summed E-state index contributed by atoms with van der Waals surface area (Å²) in [6.07, 6.45) is 2.07. The van der Waals surface area contributed by atoms with Crippen molar-refractivity contribution in [2.45, 2.75) is 39.2 Å². The van der Waals surface area contributed by atoms with Crippen LogP contribution in [0.3, 0.4) is 0 Å². The van der Waals surface area contributed by atoms with E-state index in [4.69, 9.17) is 0 Å². The van der Waals surface area contributed by atoms with Crippen molar-refractivity contribution in [3.05, 3.63) is 59.7 Å². The highest BCUT2D eigenvalue weighted by Crippen LogP contribution is 2.17. The highest BCUT2D eigenvalue weighted by molar-refractivity contribution is 5.98. The van der Waals surface area contributed by atoms with Crippen molar-refractivity contribution in [2.75, 3.05) is 30.3 Å². The number of amides is 3. The summed E-state index contributed by atoms with van der Waals surface area (Å²) < 4.78 is 0. The molecule has 3 N–H and O–H groups in total. The molecule has 1 heterocycles. The van der Waals surface area contributed by atoms with E-state index in [1.165, 1.54) is 0 Å². The van der Waals surface area contributed by atoms with Crippen LogP contribution < -0.4 is 16.0 Å². The van der Waals surface area contributed by atoms with Gasteiger partial charge in [0.15, 0.2) is 0 Å². The predicted octanol–water partition coefficient (Wildman–Crippen LogP) is 3.50. The summed E-state index contributed by atoms with van der Waals surface area (Å²) in [7, 11) is 0. The molecule has 7 heteroatoms. The molecular weight excluding hydrogens is 392 g/mol. The minimum Gasteiger partial charge on any atom is -0.376 e. The molecule has 0 unspecified atom stereocenters. The summed E-state index contributed by atoms with van der Waals surface area (Å²) in [5.41, 5.74) is 2.02. The summed E-state index contributed by atoms with van der Waals surface area (Å²) >= 11 is 0. The van der Waals surface area contributed by atoms with E-state index in [0.29, 0.717) is 22.5 Å². The van der Waals surface area contributed by atoms with Crippen LogP contribution in [0.2, 0.25) is 0 Å². The van der Waals surface area contributed by atoms with Gasteiger partial charge >= 0.3 is 0 Å². The monoisotopic (exact) mass is 422 g/mol. The lowest BCUT2D eigenvalue weighted by atomic mass is 10.1. The quantitative estimate of drug-likeness (QED) is 0.665. The Balaban J connectivity index is 1.56. The summed E-state index contributed by atoms with van der Waals surface area (Å²) in [5.74, 6) is -0.410. The van der Waals surface area contributed by atoms with Crippen molar-refractivity contribution in [1.82, 2.24) is 10.2 Å². The molecule has 1 saturated heterocycles. The zero-order valence-corrected chi connectivity index (χ0v) is 18.3. The maximum Gasteiger partial charge on any atom is 0.253 e. The van der Waals surface area contributed by atoms with Gasteiger partial charge < -0.3 is 20.9 Å². The van der Waals surface area contributed by atoms with Gasteiger partial charge in [0.1, 0.15) is 0 Å². The van der Waals surface area contributed by atoms with Crippen molar-refractivity contribution >= 4 is 29.1 Å². The number of hydrogen-bond donors (Lipinski definition) is 3.